The Kier molecular flexibility index (Phi) is 2.64. The molecular weight excluding hydrogens is 230 g/mol. The van der Waals surface area contributed by atoms with Gasteiger partial charge in [-0.1, -0.05) is 0 Å². The molecule has 2 aromatic heterocycles. The molecule has 0 radical (unpaired) electrons. The van der Waals surface area contributed by atoms with E-state index in [4.69, 9.17) is 10.5 Å². The number of pyridine rings is 1. The number of anilines is 1. The van der Waals surface area contributed by atoms with Crippen LogP contribution in [0.2, 0.25) is 0 Å². The first-order valence-electron chi connectivity index (χ1n) is 5.86. The van der Waals surface area contributed by atoms with Crippen molar-refractivity contribution in [3.8, 4) is 17.0 Å². The lowest BCUT2D eigenvalue weighted by molar-refractivity contribution is 0.205. The molecule has 0 aromatic carbocycles. The quantitative estimate of drug-likeness (QED) is 0.810. The third-order valence-electron chi connectivity index (χ3n) is 2.95. The average Bonchev–Trinajstić information content (AvgIpc) is 2.84. The van der Waals surface area contributed by atoms with Crippen LogP contribution in [0.3, 0.4) is 0 Å². The Morgan fingerprint density at radius 3 is 3.11 bits per heavy atom. The van der Waals surface area contributed by atoms with Crippen LogP contribution in [-0.4, -0.2) is 34.0 Å². The highest BCUT2D eigenvalue weighted by Gasteiger charge is 2.19. The van der Waals surface area contributed by atoms with Crippen LogP contribution >= 0.6 is 0 Å². The minimum atomic E-state index is -0.00533. The van der Waals surface area contributed by atoms with Crippen molar-refractivity contribution in [1.82, 2.24) is 14.8 Å². The third-order valence-corrected chi connectivity index (χ3v) is 2.95. The van der Waals surface area contributed by atoms with Crippen molar-refractivity contribution in [3.05, 3.63) is 24.7 Å². The first-order chi connectivity index (χ1) is 8.76. The Morgan fingerprint density at radius 1 is 1.50 bits per heavy atom. The van der Waals surface area contributed by atoms with Crippen LogP contribution < -0.4 is 15.8 Å². The fourth-order valence-electron chi connectivity index (χ4n) is 1.96. The maximum Gasteiger partial charge on any atom is 0.237 e. The number of nitrogens with two attached hydrogens (primary N) is 1. The van der Waals surface area contributed by atoms with Crippen molar-refractivity contribution < 1.29 is 4.74 Å². The summed E-state index contributed by atoms with van der Waals surface area (Å²) in [4.78, 5) is 4.33. The maximum absolute atomic E-state index is 5.66. The highest BCUT2D eigenvalue weighted by Crippen LogP contribution is 2.30. The van der Waals surface area contributed by atoms with E-state index in [0.717, 1.165) is 16.8 Å². The van der Waals surface area contributed by atoms with E-state index in [1.165, 1.54) is 0 Å². The first kappa shape index (κ1) is 11.0. The van der Waals surface area contributed by atoms with Crippen molar-refractivity contribution in [1.29, 1.82) is 0 Å². The van der Waals surface area contributed by atoms with Crippen LogP contribution in [-0.2, 0) is 7.05 Å². The molecule has 1 aliphatic rings. The third kappa shape index (κ3) is 1.91. The molecule has 3 N–H and O–H groups in total. The van der Waals surface area contributed by atoms with Crippen LogP contribution in [0.25, 0.3) is 11.1 Å². The molecule has 94 valence electrons. The number of aryl methyl sites for hydroxylation is 1. The van der Waals surface area contributed by atoms with E-state index in [0.29, 0.717) is 19.0 Å². The van der Waals surface area contributed by atoms with E-state index < -0.39 is 0 Å². The van der Waals surface area contributed by atoms with E-state index in [2.05, 4.69) is 15.4 Å². The van der Waals surface area contributed by atoms with Crippen LogP contribution in [0.15, 0.2) is 24.7 Å². The number of nitrogens with one attached hydrogen (secondary N) is 1. The van der Waals surface area contributed by atoms with Crippen LogP contribution in [0, 0.1) is 0 Å². The van der Waals surface area contributed by atoms with E-state index >= 15 is 0 Å². The van der Waals surface area contributed by atoms with Crippen molar-refractivity contribution in [2.75, 3.05) is 18.4 Å². The van der Waals surface area contributed by atoms with Gasteiger partial charge in [0.25, 0.3) is 0 Å². The molecule has 6 nitrogen and oxygen atoms in total. The van der Waals surface area contributed by atoms with Crippen molar-refractivity contribution in [2.24, 2.45) is 12.8 Å². The van der Waals surface area contributed by atoms with Gasteiger partial charge in [-0.3, -0.25) is 4.68 Å². The number of fused-ring (bicyclic) bond motifs is 1. The number of ether oxygens (including phenoxy) is 1. The number of nitrogens with zero attached hydrogens (tertiary/aromatic N) is 3. The van der Waals surface area contributed by atoms with Gasteiger partial charge in [-0.15, -0.1) is 0 Å². The summed E-state index contributed by atoms with van der Waals surface area (Å²) in [6.45, 7) is 1.19. The van der Waals surface area contributed by atoms with E-state index in [-0.39, 0.29) is 6.10 Å². The molecule has 3 rings (SSSR count). The normalized spacial score (nSPS) is 17.8. The summed E-state index contributed by atoms with van der Waals surface area (Å²) in [7, 11) is 1.89. The Morgan fingerprint density at radius 2 is 2.39 bits per heavy atom. The van der Waals surface area contributed by atoms with Gasteiger partial charge in [0.05, 0.1) is 18.4 Å². The zero-order valence-corrected chi connectivity index (χ0v) is 10.1. The largest absolute Gasteiger partial charge is 0.470 e. The Labute approximate surface area is 105 Å². The summed E-state index contributed by atoms with van der Waals surface area (Å²) < 4.78 is 7.42. The average molecular weight is 245 g/mol. The van der Waals surface area contributed by atoms with Crippen molar-refractivity contribution in [2.45, 2.75) is 6.10 Å². The van der Waals surface area contributed by atoms with E-state index in [9.17, 15) is 0 Å². The maximum atomic E-state index is 5.66. The second-order valence-electron chi connectivity index (χ2n) is 4.34. The molecule has 1 atom stereocenters. The molecule has 0 spiro atoms. The molecule has 1 aliphatic heterocycles. The smallest absolute Gasteiger partial charge is 0.237 e. The van der Waals surface area contributed by atoms with Gasteiger partial charge in [-0.2, -0.15) is 5.10 Å². The molecule has 0 fully saturated rings. The van der Waals surface area contributed by atoms with Gasteiger partial charge < -0.3 is 15.8 Å². The second-order valence-corrected chi connectivity index (χ2v) is 4.34. The Bertz CT molecular complexity index is 565. The molecule has 3 heterocycles. The number of hydrogen-bond donors (Lipinski definition) is 2. The van der Waals surface area contributed by atoms with Crippen molar-refractivity contribution in [3.63, 3.8) is 0 Å². The lowest BCUT2D eigenvalue weighted by atomic mass is 10.1. The molecule has 18 heavy (non-hydrogen) atoms. The highest BCUT2D eigenvalue weighted by atomic mass is 16.5. The second kappa shape index (κ2) is 4.30. The van der Waals surface area contributed by atoms with Gasteiger partial charge >= 0.3 is 0 Å². The lowest BCUT2D eigenvalue weighted by Crippen LogP contribution is -2.37. The molecule has 0 saturated carbocycles. The SMILES string of the molecule is Cn1cc(-c2cnc3c(c2)NCC(CN)O3)cn1. The summed E-state index contributed by atoms with van der Waals surface area (Å²) in [5.74, 6) is 0.615. The van der Waals surface area contributed by atoms with E-state index in [1.807, 2.05) is 25.5 Å². The monoisotopic (exact) mass is 245 g/mol. The molecule has 0 bridgehead atoms. The van der Waals surface area contributed by atoms with Gasteiger partial charge in [0.15, 0.2) is 0 Å². The number of hydrogen-bond acceptors (Lipinski definition) is 5. The molecule has 0 aliphatic carbocycles. The van der Waals surface area contributed by atoms with Crippen LogP contribution in [0.4, 0.5) is 5.69 Å². The summed E-state index contributed by atoms with van der Waals surface area (Å²) in [5, 5.41) is 7.44. The zero-order chi connectivity index (χ0) is 12.5. The minimum absolute atomic E-state index is 0.00533. The predicted octanol–water partition coefficient (Wildman–Crippen LogP) is 0.614. The standard InChI is InChI=1S/C12H15N5O/c1-17-7-9(5-16-17)8-2-11-12(15-4-8)18-10(3-13)6-14-11/h2,4-5,7,10,14H,3,6,13H2,1H3. The van der Waals surface area contributed by atoms with E-state index in [1.54, 1.807) is 10.9 Å². The van der Waals surface area contributed by atoms with Gasteiger partial charge in [-0.05, 0) is 6.07 Å². The Hall–Kier alpha value is -2.08. The first-order valence-corrected chi connectivity index (χ1v) is 5.86. The topological polar surface area (TPSA) is 78.0 Å². The summed E-state index contributed by atoms with van der Waals surface area (Å²) in [6, 6.07) is 2.02. The summed E-state index contributed by atoms with van der Waals surface area (Å²) >= 11 is 0. The molecule has 0 saturated heterocycles. The zero-order valence-electron chi connectivity index (χ0n) is 10.1. The van der Waals surface area contributed by atoms with Gasteiger partial charge in [0.2, 0.25) is 5.88 Å². The number of aromatic nitrogens is 3. The van der Waals surface area contributed by atoms with Gasteiger partial charge in [0, 0.05) is 37.1 Å². The fourth-order valence-corrected chi connectivity index (χ4v) is 1.96. The minimum Gasteiger partial charge on any atom is -0.470 e. The van der Waals surface area contributed by atoms with Crippen LogP contribution in [0.5, 0.6) is 5.88 Å². The van der Waals surface area contributed by atoms with Gasteiger partial charge in [-0.25, -0.2) is 4.98 Å². The predicted molar refractivity (Wildman–Crippen MR) is 68.4 cm³/mol. The molecular formula is C12H15N5O. The molecule has 6 heteroatoms. The molecule has 1 unspecified atom stereocenters. The van der Waals surface area contributed by atoms with Gasteiger partial charge in [0.1, 0.15) is 6.10 Å². The number of rotatable bonds is 2. The molecule has 2 aromatic rings. The lowest BCUT2D eigenvalue weighted by Gasteiger charge is -2.25. The van der Waals surface area contributed by atoms with Crippen molar-refractivity contribution >= 4 is 5.69 Å². The van der Waals surface area contributed by atoms with Crippen LogP contribution in [0.1, 0.15) is 0 Å². The molecule has 0 amide bonds. The Balaban J connectivity index is 1.92. The summed E-state index contributed by atoms with van der Waals surface area (Å²) in [5.41, 5.74) is 8.54. The summed E-state index contributed by atoms with van der Waals surface area (Å²) in [6.07, 6.45) is 5.55. The highest BCUT2D eigenvalue weighted by molar-refractivity contribution is 5.69. The fraction of sp³-hybridized carbons (Fsp3) is 0.333.